The summed E-state index contributed by atoms with van der Waals surface area (Å²) >= 11 is 0. The highest BCUT2D eigenvalue weighted by Crippen LogP contribution is 2.22. The number of hydrogen-bond donors (Lipinski definition) is 3. The van der Waals surface area contributed by atoms with Gasteiger partial charge in [0.15, 0.2) is 5.69 Å². The summed E-state index contributed by atoms with van der Waals surface area (Å²) in [7, 11) is 0. The SMILES string of the molecule is CC=Cc1cccc(/C=N/NC(=O)c2ccc(=O)[nH]n2)c1O. The minimum absolute atomic E-state index is 0.0311. The standard InChI is InChI=1S/C15H14N4O3/c1-2-4-10-5-3-6-11(14(10)21)9-16-19-15(22)12-7-8-13(20)18-17-12/h2-9,21H,1H3,(H,18,20)(H,19,22)/b4-2?,16-9+. The lowest BCUT2D eigenvalue weighted by Gasteiger charge is -2.03. The maximum Gasteiger partial charge on any atom is 0.291 e. The van der Waals surface area contributed by atoms with E-state index in [1.165, 1.54) is 18.3 Å². The number of nitrogens with one attached hydrogen (secondary N) is 2. The van der Waals surface area contributed by atoms with Crippen LogP contribution in [0.1, 0.15) is 28.5 Å². The van der Waals surface area contributed by atoms with Gasteiger partial charge >= 0.3 is 0 Å². The second kappa shape index (κ2) is 6.98. The Hall–Kier alpha value is -3.22. The van der Waals surface area contributed by atoms with E-state index >= 15 is 0 Å². The molecule has 2 aromatic rings. The van der Waals surface area contributed by atoms with Gasteiger partial charge in [0.25, 0.3) is 11.5 Å². The summed E-state index contributed by atoms with van der Waals surface area (Å²) in [5, 5.41) is 19.5. The van der Waals surface area contributed by atoms with Gasteiger partial charge < -0.3 is 5.11 Å². The lowest BCUT2D eigenvalue weighted by Crippen LogP contribution is -2.21. The molecule has 7 nitrogen and oxygen atoms in total. The quantitative estimate of drug-likeness (QED) is 0.583. The van der Waals surface area contributed by atoms with Crippen LogP contribution in [0.25, 0.3) is 6.08 Å². The zero-order valence-electron chi connectivity index (χ0n) is 11.8. The van der Waals surface area contributed by atoms with Crippen molar-refractivity contribution in [2.75, 3.05) is 0 Å². The van der Waals surface area contributed by atoms with Crippen LogP contribution >= 0.6 is 0 Å². The number of hydrogen-bond acceptors (Lipinski definition) is 5. The number of phenolic OH excluding ortho intramolecular Hbond substituents is 1. The number of aromatic amines is 1. The van der Waals surface area contributed by atoms with Crippen LogP contribution in [0.15, 0.2) is 46.3 Å². The van der Waals surface area contributed by atoms with Crippen LogP contribution in [0.5, 0.6) is 5.75 Å². The van der Waals surface area contributed by atoms with Crippen molar-refractivity contribution in [2.24, 2.45) is 5.10 Å². The van der Waals surface area contributed by atoms with Crippen LogP contribution in [-0.2, 0) is 0 Å². The van der Waals surface area contributed by atoms with E-state index in [0.717, 1.165) is 0 Å². The topological polar surface area (TPSA) is 107 Å². The van der Waals surface area contributed by atoms with E-state index < -0.39 is 11.5 Å². The number of aromatic hydroxyl groups is 1. The molecule has 1 heterocycles. The molecular weight excluding hydrogens is 284 g/mol. The number of hydrazone groups is 1. The van der Waals surface area contributed by atoms with Crippen LogP contribution in [0.4, 0.5) is 0 Å². The summed E-state index contributed by atoms with van der Waals surface area (Å²) in [6.45, 7) is 1.84. The van der Waals surface area contributed by atoms with Crippen molar-refractivity contribution in [1.29, 1.82) is 0 Å². The number of H-pyrrole nitrogens is 1. The van der Waals surface area contributed by atoms with Crippen LogP contribution in [0.2, 0.25) is 0 Å². The second-order valence-corrected chi connectivity index (χ2v) is 4.29. The van der Waals surface area contributed by atoms with Gasteiger partial charge in [0.05, 0.1) is 6.21 Å². The van der Waals surface area contributed by atoms with E-state index in [0.29, 0.717) is 11.1 Å². The summed E-state index contributed by atoms with van der Waals surface area (Å²) in [6.07, 6.45) is 4.89. The maximum atomic E-state index is 11.7. The van der Waals surface area contributed by atoms with Gasteiger partial charge in [-0.05, 0) is 19.1 Å². The van der Waals surface area contributed by atoms with E-state index in [1.54, 1.807) is 30.4 Å². The molecule has 112 valence electrons. The maximum absolute atomic E-state index is 11.7. The number of para-hydroxylation sites is 1. The van der Waals surface area contributed by atoms with Gasteiger partial charge in [-0.3, -0.25) is 9.59 Å². The van der Waals surface area contributed by atoms with Crippen molar-refractivity contribution in [1.82, 2.24) is 15.6 Å². The predicted octanol–water partition coefficient (Wildman–Crippen LogP) is 1.27. The molecule has 0 saturated carbocycles. The van der Waals surface area contributed by atoms with Crippen molar-refractivity contribution in [3.63, 3.8) is 0 Å². The van der Waals surface area contributed by atoms with Gasteiger partial charge in [-0.25, -0.2) is 10.5 Å². The Labute approximate surface area is 126 Å². The number of nitrogens with zero attached hydrogens (tertiary/aromatic N) is 2. The van der Waals surface area contributed by atoms with Crippen LogP contribution in [0, 0.1) is 0 Å². The Morgan fingerprint density at radius 2 is 2.09 bits per heavy atom. The monoisotopic (exact) mass is 298 g/mol. The smallest absolute Gasteiger partial charge is 0.291 e. The molecule has 0 bridgehead atoms. The molecule has 0 spiro atoms. The molecule has 1 amide bonds. The lowest BCUT2D eigenvalue weighted by atomic mass is 10.1. The summed E-state index contributed by atoms with van der Waals surface area (Å²) < 4.78 is 0. The molecule has 7 heteroatoms. The van der Waals surface area contributed by atoms with Gasteiger partial charge in [-0.2, -0.15) is 10.2 Å². The number of carbonyl (C=O) groups excluding carboxylic acids is 1. The van der Waals surface area contributed by atoms with E-state index in [2.05, 4.69) is 20.7 Å². The van der Waals surface area contributed by atoms with Crippen molar-refractivity contribution in [2.45, 2.75) is 6.92 Å². The first kappa shape index (κ1) is 15.2. The molecule has 0 saturated heterocycles. The van der Waals surface area contributed by atoms with Crippen LogP contribution in [0.3, 0.4) is 0 Å². The minimum atomic E-state index is -0.573. The first-order valence-electron chi connectivity index (χ1n) is 6.45. The van der Waals surface area contributed by atoms with Gasteiger partial charge in [0.2, 0.25) is 0 Å². The molecule has 0 fully saturated rings. The lowest BCUT2D eigenvalue weighted by molar-refractivity contribution is 0.0949. The molecule has 0 aliphatic carbocycles. The molecule has 0 radical (unpaired) electrons. The Morgan fingerprint density at radius 1 is 1.32 bits per heavy atom. The highest BCUT2D eigenvalue weighted by Gasteiger charge is 2.06. The molecule has 1 aromatic heterocycles. The largest absolute Gasteiger partial charge is 0.507 e. The molecule has 22 heavy (non-hydrogen) atoms. The fraction of sp³-hybridized carbons (Fsp3) is 0.0667. The Balaban J connectivity index is 2.09. The van der Waals surface area contributed by atoms with Gasteiger partial charge in [-0.1, -0.05) is 24.3 Å². The Morgan fingerprint density at radius 3 is 2.77 bits per heavy atom. The molecule has 3 N–H and O–H groups in total. The third-order valence-corrected chi connectivity index (χ3v) is 2.73. The normalized spacial score (nSPS) is 11.1. The van der Waals surface area contributed by atoms with Crippen LogP contribution in [-0.4, -0.2) is 27.4 Å². The van der Waals surface area contributed by atoms with Crippen molar-refractivity contribution in [3.05, 3.63) is 63.6 Å². The number of aromatic nitrogens is 2. The number of benzene rings is 1. The summed E-state index contributed by atoms with van der Waals surface area (Å²) in [6, 6.07) is 7.67. The summed E-state index contributed by atoms with van der Waals surface area (Å²) in [5.74, 6) is -0.502. The van der Waals surface area contributed by atoms with E-state index in [9.17, 15) is 14.7 Å². The Kier molecular flexibility index (Phi) is 4.81. The number of amides is 1. The van der Waals surface area contributed by atoms with Gasteiger partial charge in [0, 0.05) is 17.2 Å². The molecule has 0 aliphatic heterocycles. The zero-order chi connectivity index (χ0) is 15.9. The van der Waals surface area contributed by atoms with Gasteiger partial charge in [-0.15, -0.1) is 0 Å². The van der Waals surface area contributed by atoms with Gasteiger partial charge in [0.1, 0.15) is 5.75 Å². The van der Waals surface area contributed by atoms with Crippen molar-refractivity contribution >= 4 is 18.2 Å². The molecule has 0 unspecified atom stereocenters. The van der Waals surface area contributed by atoms with Crippen LogP contribution < -0.4 is 11.0 Å². The fourth-order valence-electron chi connectivity index (χ4n) is 1.69. The molecule has 2 rings (SSSR count). The van der Waals surface area contributed by atoms with E-state index in [4.69, 9.17) is 0 Å². The highest BCUT2D eigenvalue weighted by molar-refractivity contribution is 5.93. The van der Waals surface area contributed by atoms with E-state index in [-0.39, 0.29) is 11.4 Å². The zero-order valence-corrected chi connectivity index (χ0v) is 11.8. The van der Waals surface area contributed by atoms with Crippen molar-refractivity contribution < 1.29 is 9.90 Å². The molecule has 0 atom stereocenters. The van der Waals surface area contributed by atoms with Crippen molar-refractivity contribution in [3.8, 4) is 5.75 Å². The summed E-state index contributed by atoms with van der Waals surface area (Å²) in [5.41, 5.74) is 3.01. The second-order valence-electron chi connectivity index (χ2n) is 4.29. The molecule has 0 aliphatic rings. The minimum Gasteiger partial charge on any atom is -0.507 e. The Bertz CT molecular complexity index is 773. The summed E-state index contributed by atoms with van der Waals surface area (Å²) in [4.78, 5) is 22.6. The first-order valence-corrected chi connectivity index (χ1v) is 6.45. The first-order chi connectivity index (χ1) is 10.6. The average molecular weight is 298 g/mol. The van der Waals surface area contributed by atoms with E-state index in [1.807, 2.05) is 6.92 Å². The average Bonchev–Trinajstić information content (AvgIpc) is 2.51. The molecule has 1 aromatic carbocycles. The number of phenols is 1. The number of rotatable bonds is 4. The predicted molar refractivity (Wildman–Crippen MR) is 82.7 cm³/mol. The molecular formula is C15H14N4O3. The third kappa shape index (κ3) is 3.66. The third-order valence-electron chi connectivity index (χ3n) is 2.73. The number of carbonyl (C=O) groups is 1. The number of allylic oxidation sites excluding steroid dienone is 1. The highest BCUT2D eigenvalue weighted by atomic mass is 16.3. The fourth-order valence-corrected chi connectivity index (χ4v) is 1.69.